The predicted molar refractivity (Wildman–Crippen MR) is 69.7 cm³/mol. The Balaban J connectivity index is 2.10. The van der Waals surface area contributed by atoms with Gasteiger partial charge in [0.1, 0.15) is 0 Å². The Hall–Kier alpha value is -1.77. The monoisotopic (exact) mass is 227 g/mol. The number of aromatic nitrogens is 2. The molecule has 2 aromatic rings. The number of nitrogens with zero attached hydrogens (tertiary/aromatic N) is 1. The van der Waals surface area contributed by atoms with Crippen molar-refractivity contribution in [3.63, 3.8) is 0 Å². The molecule has 1 aromatic heterocycles. The van der Waals surface area contributed by atoms with Gasteiger partial charge in [-0.3, -0.25) is 5.10 Å². The number of rotatable bonds is 2. The quantitative estimate of drug-likeness (QED) is 0.828. The number of anilines is 1. The largest absolute Gasteiger partial charge is 0.382 e. The van der Waals surface area contributed by atoms with E-state index < -0.39 is 0 Å². The van der Waals surface area contributed by atoms with Gasteiger partial charge < -0.3 is 5.73 Å². The van der Waals surface area contributed by atoms with Crippen LogP contribution in [0.4, 0.5) is 5.82 Å². The first kappa shape index (κ1) is 10.4. The second-order valence-corrected chi connectivity index (χ2v) is 5.09. The van der Waals surface area contributed by atoms with Crippen LogP contribution in [0.3, 0.4) is 0 Å². The van der Waals surface area contributed by atoms with Crippen molar-refractivity contribution < 1.29 is 0 Å². The second-order valence-electron chi connectivity index (χ2n) is 5.09. The first-order chi connectivity index (χ1) is 8.16. The molecular weight excluding hydrogens is 210 g/mol. The van der Waals surface area contributed by atoms with Gasteiger partial charge >= 0.3 is 0 Å². The summed E-state index contributed by atoms with van der Waals surface area (Å²) in [5.74, 6) is 1.97. The van der Waals surface area contributed by atoms with Gasteiger partial charge in [-0.25, -0.2) is 0 Å². The fraction of sp³-hybridized carbons (Fsp3) is 0.357. The summed E-state index contributed by atoms with van der Waals surface area (Å²) in [4.78, 5) is 0. The molecule has 1 aliphatic carbocycles. The molecule has 88 valence electrons. The average molecular weight is 227 g/mol. The highest BCUT2D eigenvalue weighted by molar-refractivity contribution is 5.77. The highest BCUT2D eigenvalue weighted by Gasteiger charge is 2.37. The predicted octanol–water partition coefficient (Wildman–Crippen LogP) is 3.09. The van der Waals surface area contributed by atoms with Crippen LogP contribution < -0.4 is 5.73 Å². The van der Waals surface area contributed by atoms with Crippen molar-refractivity contribution in [1.29, 1.82) is 0 Å². The summed E-state index contributed by atoms with van der Waals surface area (Å²) in [5, 5.41) is 7.28. The molecule has 3 nitrogen and oxygen atoms in total. The molecule has 3 heteroatoms. The smallest absolute Gasteiger partial charge is 0.153 e. The molecule has 2 unspecified atom stereocenters. The van der Waals surface area contributed by atoms with Gasteiger partial charge in [0.15, 0.2) is 5.82 Å². The molecule has 2 atom stereocenters. The lowest BCUT2D eigenvalue weighted by atomic mass is 10.0. The Morgan fingerprint density at radius 2 is 2.18 bits per heavy atom. The Kier molecular flexibility index (Phi) is 2.21. The first-order valence-electron chi connectivity index (χ1n) is 6.07. The van der Waals surface area contributed by atoms with Gasteiger partial charge in [0.05, 0.1) is 0 Å². The van der Waals surface area contributed by atoms with E-state index >= 15 is 0 Å². The van der Waals surface area contributed by atoms with Crippen LogP contribution in [-0.2, 0) is 0 Å². The Morgan fingerprint density at radius 3 is 2.82 bits per heavy atom. The summed E-state index contributed by atoms with van der Waals surface area (Å²) in [6, 6.07) is 8.43. The van der Waals surface area contributed by atoms with Gasteiger partial charge in [-0.2, -0.15) is 5.10 Å². The number of benzene rings is 1. The van der Waals surface area contributed by atoms with Gasteiger partial charge in [-0.1, -0.05) is 36.8 Å². The van der Waals surface area contributed by atoms with Crippen LogP contribution in [0.1, 0.15) is 30.5 Å². The molecule has 0 spiro atoms. The van der Waals surface area contributed by atoms with Gasteiger partial charge in [-0.15, -0.1) is 0 Å². The van der Waals surface area contributed by atoms with Gasteiger partial charge in [0.25, 0.3) is 0 Å². The Morgan fingerprint density at radius 1 is 1.41 bits per heavy atom. The molecule has 3 N–H and O–H groups in total. The van der Waals surface area contributed by atoms with Crippen molar-refractivity contribution in [2.75, 3.05) is 5.73 Å². The van der Waals surface area contributed by atoms with Gasteiger partial charge in [-0.05, 0) is 24.8 Å². The van der Waals surface area contributed by atoms with E-state index in [1.165, 1.54) is 23.2 Å². The molecule has 1 aliphatic rings. The van der Waals surface area contributed by atoms with Crippen molar-refractivity contribution >= 4 is 5.82 Å². The van der Waals surface area contributed by atoms with Crippen molar-refractivity contribution in [3.05, 3.63) is 35.5 Å². The zero-order chi connectivity index (χ0) is 12.0. The van der Waals surface area contributed by atoms with E-state index in [0.29, 0.717) is 11.7 Å². The average Bonchev–Trinajstić information content (AvgIpc) is 2.88. The van der Waals surface area contributed by atoms with Crippen LogP contribution in [-0.4, -0.2) is 10.2 Å². The number of hydrogen-bond donors (Lipinski definition) is 2. The molecule has 1 aromatic carbocycles. The maximum Gasteiger partial charge on any atom is 0.153 e. The van der Waals surface area contributed by atoms with Crippen LogP contribution in [0.15, 0.2) is 24.3 Å². The van der Waals surface area contributed by atoms with Crippen molar-refractivity contribution in [2.24, 2.45) is 5.92 Å². The normalized spacial score (nSPS) is 22.7. The van der Waals surface area contributed by atoms with E-state index in [9.17, 15) is 0 Å². The van der Waals surface area contributed by atoms with Crippen molar-refractivity contribution in [1.82, 2.24) is 10.2 Å². The standard InChI is InChI=1S/C14H17N3/c1-8-4-3-5-10(6-8)12-13(11-7-9(11)2)16-17-14(12)15/h3-6,9,11H,7H2,1-2H3,(H3,15,16,17). The number of H-pyrrole nitrogens is 1. The molecule has 3 rings (SSSR count). The maximum atomic E-state index is 5.99. The lowest BCUT2D eigenvalue weighted by molar-refractivity contribution is 0.873. The van der Waals surface area contributed by atoms with Gasteiger partial charge in [0, 0.05) is 17.2 Å². The molecule has 17 heavy (non-hydrogen) atoms. The summed E-state index contributed by atoms with van der Waals surface area (Å²) in [6.45, 7) is 4.36. The van der Waals surface area contributed by atoms with E-state index in [2.05, 4.69) is 48.3 Å². The molecule has 1 fully saturated rings. The molecule has 1 heterocycles. The summed E-state index contributed by atoms with van der Waals surface area (Å²) in [7, 11) is 0. The van der Waals surface area contributed by atoms with E-state index in [0.717, 1.165) is 11.5 Å². The molecule has 0 aliphatic heterocycles. The number of hydrogen-bond acceptors (Lipinski definition) is 2. The topological polar surface area (TPSA) is 54.7 Å². The second kappa shape index (κ2) is 3.62. The maximum absolute atomic E-state index is 5.99. The summed E-state index contributed by atoms with van der Waals surface area (Å²) in [6.07, 6.45) is 1.24. The molecular formula is C14H17N3. The zero-order valence-electron chi connectivity index (χ0n) is 10.2. The molecule has 0 saturated heterocycles. The zero-order valence-corrected chi connectivity index (χ0v) is 10.2. The van der Waals surface area contributed by atoms with Crippen LogP contribution in [0.25, 0.3) is 11.1 Å². The van der Waals surface area contributed by atoms with Crippen LogP contribution in [0.5, 0.6) is 0 Å². The van der Waals surface area contributed by atoms with Gasteiger partial charge in [0.2, 0.25) is 0 Å². The number of nitrogens with two attached hydrogens (primary N) is 1. The van der Waals surface area contributed by atoms with Crippen molar-refractivity contribution in [3.8, 4) is 11.1 Å². The Labute approximate surface area is 101 Å². The fourth-order valence-corrected chi connectivity index (χ4v) is 2.47. The summed E-state index contributed by atoms with van der Waals surface area (Å²) < 4.78 is 0. The third kappa shape index (κ3) is 1.71. The van der Waals surface area contributed by atoms with Crippen LogP contribution in [0, 0.1) is 12.8 Å². The lowest BCUT2D eigenvalue weighted by Gasteiger charge is -2.04. The molecule has 0 radical (unpaired) electrons. The van der Waals surface area contributed by atoms with E-state index in [-0.39, 0.29) is 0 Å². The minimum absolute atomic E-state index is 0.607. The summed E-state index contributed by atoms with van der Waals surface area (Å²) in [5.41, 5.74) is 10.7. The number of aryl methyl sites for hydroxylation is 1. The summed E-state index contributed by atoms with van der Waals surface area (Å²) >= 11 is 0. The highest BCUT2D eigenvalue weighted by atomic mass is 15.2. The highest BCUT2D eigenvalue weighted by Crippen LogP contribution is 2.50. The molecule has 1 saturated carbocycles. The van der Waals surface area contributed by atoms with Crippen molar-refractivity contribution in [2.45, 2.75) is 26.2 Å². The minimum atomic E-state index is 0.607. The number of aromatic amines is 1. The number of nitrogens with one attached hydrogen (secondary N) is 1. The Bertz CT molecular complexity index is 556. The first-order valence-corrected chi connectivity index (χ1v) is 6.07. The SMILES string of the molecule is Cc1cccc(-c2c(N)n[nH]c2C2CC2C)c1. The molecule has 0 amide bonds. The minimum Gasteiger partial charge on any atom is -0.382 e. The van der Waals surface area contributed by atoms with E-state index in [1.807, 2.05) is 0 Å². The third-order valence-corrected chi connectivity index (χ3v) is 3.61. The lowest BCUT2D eigenvalue weighted by Crippen LogP contribution is -1.90. The fourth-order valence-electron chi connectivity index (χ4n) is 2.47. The van der Waals surface area contributed by atoms with Crippen LogP contribution >= 0.6 is 0 Å². The number of nitrogen functional groups attached to an aromatic ring is 1. The third-order valence-electron chi connectivity index (χ3n) is 3.61. The van der Waals surface area contributed by atoms with Crippen LogP contribution in [0.2, 0.25) is 0 Å². The molecule has 0 bridgehead atoms. The van der Waals surface area contributed by atoms with E-state index in [1.54, 1.807) is 0 Å². The van der Waals surface area contributed by atoms with E-state index in [4.69, 9.17) is 5.73 Å².